The number of hydrogen-bond acceptors (Lipinski definition) is 3. The molecule has 0 aliphatic carbocycles. The number of benzene rings is 2. The molecular weight excluding hydrogens is 363 g/mol. The van der Waals surface area contributed by atoms with Crippen LogP contribution in [0.15, 0.2) is 42.5 Å². The smallest absolute Gasteiger partial charge is 0.213 e. The first kappa shape index (κ1) is 21.5. The molecule has 27 heavy (non-hydrogen) atoms. The lowest BCUT2D eigenvalue weighted by atomic mass is 9.84. The number of sulfonamides is 1. The van der Waals surface area contributed by atoms with Crippen LogP contribution in [-0.4, -0.2) is 26.8 Å². The Morgan fingerprint density at radius 2 is 1.67 bits per heavy atom. The second-order valence-electron chi connectivity index (χ2n) is 7.72. The zero-order valence-electron chi connectivity index (χ0n) is 16.4. The van der Waals surface area contributed by atoms with Gasteiger partial charge in [0.05, 0.1) is 5.25 Å². The Labute approximate surface area is 162 Å². The summed E-state index contributed by atoms with van der Waals surface area (Å²) in [5.74, 6) is -0.245. The van der Waals surface area contributed by atoms with Gasteiger partial charge < -0.3 is 5.73 Å². The Morgan fingerprint density at radius 1 is 1.07 bits per heavy atom. The molecule has 0 aromatic heterocycles. The molecule has 0 radical (unpaired) electrons. The van der Waals surface area contributed by atoms with Gasteiger partial charge in [0, 0.05) is 12.0 Å². The predicted molar refractivity (Wildman–Crippen MR) is 110 cm³/mol. The van der Waals surface area contributed by atoms with Gasteiger partial charge in [-0.1, -0.05) is 50.2 Å². The van der Waals surface area contributed by atoms with E-state index in [1.165, 1.54) is 6.07 Å². The van der Waals surface area contributed by atoms with Crippen LogP contribution >= 0.6 is 0 Å². The van der Waals surface area contributed by atoms with Gasteiger partial charge in [0.1, 0.15) is 5.82 Å². The first-order valence-electron chi connectivity index (χ1n) is 9.15. The molecule has 3 N–H and O–H groups in total. The minimum absolute atomic E-state index is 0.245. The summed E-state index contributed by atoms with van der Waals surface area (Å²) in [6.07, 6.45) is 0.519. The van der Waals surface area contributed by atoms with Crippen molar-refractivity contribution in [3.63, 3.8) is 0 Å². The van der Waals surface area contributed by atoms with E-state index in [9.17, 15) is 12.8 Å². The quantitative estimate of drug-likeness (QED) is 0.721. The van der Waals surface area contributed by atoms with Crippen molar-refractivity contribution in [2.75, 3.05) is 13.1 Å². The maximum Gasteiger partial charge on any atom is 0.213 e. The van der Waals surface area contributed by atoms with Crippen molar-refractivity contribution in [2.24, 2.45) is 5.73 Å². The highest BCUT2D eigenvalue weighted by atomic mass is 32.2. The van der Waals surface area contributed by atoms with E-state index in [2.05, 4.69) is 4.72 Å². The number of halogens is 1. The highest BCUT2D eigenvalue weighted by Crippen LogP contribution is 2.27. The molecule has 0 spiro atoms. The molecule has 2 rings (SSSR count). The first-order valence-corrected chi connectivity index (χ1v) is 10.7. The second-order valence-corrected chi connectivity index (χ2v) is 10.0. The van der Waals surface area contributed by atoms with Gasteiger partial charge in [-0.25, -0.2) is 17.5 Å². The van der Waals surface area contributed by atoms with E-state index >= 15 is 0 Å². The maximum absolute atomic E-state index is 14.1. The highest BCUT2D eigenvalue weighted by molar-refractivity contribution is 7.90. The van der Waals surface area contributed by atoms with Crippen LogP contribution in [-0.2, 0) is 21.9 Å². The third-order valence-electron chi connectivity index (χ3n) is 4.80. The summed E-state index contributed by atoms with van der Waals surface area (Å²) in [5.41, 5.74) is 8.48. The Kier molecular flexibility index (Phi) is 6.78. The lowest BCUT2D eigenvalue weighted by molar-refractivity contribution is 0.499. The monoisotopic (exact) mass is 392 g/mol. The van der Waals surface area contributed by atoms with Crippen LogP contribution in [0.4, 0.5) is 4.39 Å². The van der Waals surface area contributed by atoms with E-state index in [0.717, 1.165) is 16.7 Å². The molecule has 4 nitrogen and oxygen atoms in total. The summed E-state index contributed by atoms with van der Waals surface area (Å²) in [6, 6.07) is 13.0. The largest absolute Gasteiger partial charge is 0.330 e. The van der Waals surface area contributed by atoms with Gasteiger partial charge in [-0.2, -0.15) is 0 Å². The van der Waals surface area contributed by atoms with Gasteiger partial charge in [-0.15, -0.1) is 0 Å². The fourth-order valence-corrected chi connectivity index (χ4v) is 3.64. The zero-order valence-corrected chi connectivity index (χ0v) is 17.2. The molecule has 148 valence electrons. The standard InChI is InChI=1S/C21H29FN2O2S/c1-15(2)27(25,26)24-14-21(3,4)19-9-7-16(8-10-19)18-6-5-17(11-12-23)20(22)13-18/h5-10,13,15,24H,11-12,14,23H2,1-4H3. The Hall–Kier alpha value is -1.76. The molecule has 0 atom stereocenters. The summed E-state index contributed by atoms with van der Waals surface area (Å²) in [5, 5.41) is -0.465. The Bertz CT molecular complexity index is 876. The molecule has 0 amide bonds. The summed E-state index contributed by atoms with van der Waals surface area (Å²) in [4.78, 5) is 0. The fraction of sp³-hybridized carbons (Fsp3) is 0.429. The average Bonchev–Trinajstić information content (AvgIpc) is 2.62. The highest BCUT2D eigenvalue weighted by Gasteiger charge is 2.24. The molecular formula is C21H29FN2O2S. The van der Waals surface area contributed by atoms with Crippen molar-refractivity contribution in [2.45, 2.75) is 44.8 Å². The summed E-state index contributed by atoms with van der Waals surface area (Å²) >= 11 is 0. The van der Waals surface area contributed by atoms with Gasteiger partial charge in [0.2, 0.25) is 10.0 Å². The minimum atomic E-state index is -3.30. The summed E-state index contributed by atoms with van der Waals surface area (Å²) in [6.45, 7) is 8.03. The molecule has 0 saturated heterocycles. The van der Waals surface area contributed by atoms with Crippen molar-refractivity contribution in [1.82, 2.24) is 4.72 Å². The van der Waals surface area contributed by atoms with E-state index in [0.29, 0.717) is 25.1 Å². The van der Waals surface area contributed by atoms with Crippen LogP contribution < -0.4 is 10.5 Å². The predicted octanol–water partition coefficient (Wildman–Crippen LogP) is 3.60. The SMILES string of the molecule is CC(C)S(=O)(=O)NCC(C)(C)c1ccc(-c2ccc(CCN)c(F)c2)cc1. The Morgan fingerprint density at radius 3 is 2.19 bits per heavy atom. The molecule has 0 aliphatic heterocycles. The normalized spacial score (nSPS) is 12.6. The van der Waals surface area contributed by atoms with E-state index in [1.807, 2.05) is 44.2 Å². The van der Waals surface area contributed by atoms with Crippen molar-refractivity contribution in [1.29, 1.82) is 0 Å². The Balaban J connectivity index is 2.17. The number of nitrogens with two attached hydrogens (primary N) is 1. The van der Waals surface area contributed by atoms with Crippen molar-refractivity contribution in [3.05, 3.63) is 59.4 Å². The number of nitrogens with one attached hydrogen (secondary N) is 1. The van der Waals surface area contributed by atoms with Crippen LogP contribution in [0.1, 0.15) is 38.8 Å². The maximum atomic E-state index is 14.1. The number of rotatable bonds is 8. The van der Waals surface area contributed by atoms with Crippen molar-refractivity contribution >= 4 is 10.0 Å². The van der Waals surface area contributed by atoms with Crippen LogP contribution in [0, 0.1) is 5.82 Å². The second kappa shape index (κ2) is 8.50. The molecule has 0 heterocycles. The topological polar surface area (TPSA) is 72.2 Å². The van der Waals surface area contributed by atoms with Gasteiger partial charge in [0.25, 0.3) is 0 Å². The minimum Gasteiger partial charge on any atom is -0.330 e. The molecule has 0 fully saturated rings. The van der Waals surface area contributed by atoms with Gasteiger partial charge in [-0.05, 0) is 55.1 Å². The van der Waals surface area contributed by atoms with Crippen LogP contribution in [0.5, 0.6) is 0 Å². The molecule has 2 aromatic rings. The molecule has 6 heteroatoms. The van der Waals surface area contributed by atoms with Gasteiger partial charge in [0.15, 0.2) is 0 Å². The van der Waals surface area contributed by atoms with E-state index in [1.54, 1.807) is 19.9 Å². The van der Waals surface area contributed by atoms with Crippen LogP contribution in [0.2, 0.25) is 0 Å². The third-order valence-corrected chi connectivity index (χ3v) is 6.59. The van der Waals surface area contributed by atoms with Gasteiger partial charge >= 0.3 is 0 Å². The third kappa shape index (κ3) is 5.37. The molecule has 0 aliphatic rings. The number of hydrogen-bond donors (Lipinski definition) is 2. The molecule has 0 saturated carbocycles. The van der Waals surface area contributed by atoms with E-state index < -0.39 is 15.3 Å². The molecule has 2 aromatic carbocycles. The molecule has 0 bridgehead atoms. The first-order chi connectivity index (χ1) is 12.6. The van der Waals surface area contributed by atoms with E-state index in [4.69, 9.17) is 5.73 Å². The van der Waals surface area contributed by atoms with Gasteiger partial charge in [-0.3, -0.25) is 0 Å². The van der Waals surface area contributed by atoms with Crippen molar-refractivity contribution in [3.8, 4) is 11.1 Å². The van der Waals surface area contributed by atoms with Crippen molar-refractivity contribution < 1.29 is 12.8 Å². The lowest BCUT2D eigenvalue weighted by Crippen LogP contribution is -2.39. The average molecular weight is 393 g/mol. The zero-order chi connectivity index (χ0) is 20.2. The fourth-order valence-electron chi connectivity index (χ4n) is 2.75. The van der Waals surface area contributed by atoms with Crippen LogP contribution in [0.25, 0.3) is 11.1 Å². The summed E-state index contributed by atoms with van der Waals surface area (Å²) < 4.78 is 40.8. The van der Waals surface area contributed by atoms with E-state index in [-0.39, 0.29) is 11.2 Å². The van der Waals surface area contributed by atoms with Crippen LogP contribution in [0.3, 0.4) is 0 Å². The lowest BCUT2D eigenvalue weighted by Gasteiger charge is -2.26. The summed E-state index contributed by atoms with van der Waals surface area (Å²) in [7, 11) is -3.30. The molecule has 0 unspecified atom stereocenters.